The number of rotatable bonds is 5. The van der Waals surface area contributed by atoms with Crippen LogP contribution in [0.1, 0.15) is 17.2 Å². The number of pyridine rings is 1. The Labute approximate surface area is 150 Å². The van der Waals surface area contributed by atoms with Crippen LogP contribution in [-0.4, -0.2) is 36.1 Å². The number of piperazine rings is 1. The third-order valence-electron chi connectivity index (χ3n) is 4.02. The minimum atomic E-state index is -3.03. The van der Waals surface area contributed by atoms with Gasteiger partial charge in [0.15, 0.2) is 11.6 Å². The molecule has 136 valence electrons. The predicted octanol–water partition coefficient (Wildman–Crippen LogP) is 3.39. The van der Waals surface area contributed by atoms with E-state index in [9.17, 15) is 13.2 Å². The lowest BCUT2D eigenvalue weighted by atomic mass is 10.0. The number of benzene rings is 1. The van der Waals surface area contributed by atoms with Gasteiger partial charge in [0.1, 0.15) is 0 Å². The summed E-state index contributed by atoms with van der Waals surface area (Å²) in [6.07, 6.45) is 3.55. The number of alkyl halides is 2. The fourth-order valence-corrected chi connectivity index (χ4v) is 2.91. The topological polar surface area (TPSA) is 37.4 Å². The molecule has 1 atom stereocenters. The molecule has 1 fully saturated rings. The molecule has 8 heteroatoms. The van der Waals surface area contributed by atoms with Crippen molar-refractivity contribution in [3.8, 4) is 5.75 Å². The van der Waals surface area contributed by atoms with E-state index >= 15 is 0 Å². The average molecular weight is 374 g/mol. The Balaban J connectivity index is 0.00000225. The van der Waals surface area contributed by atoms with Crippen molar-refractivity contribution in [1.82, 2.24) is 15.2 Å². The van der Waals surface area contributed by atoms with Gasteiger partial charge in [-0.25, -0.2) is 4.39 Å². The maximum atomic E-state index is 13.9. The van der Waals surface area contributed by atoms with E-state index in [1.54, 1.807) is 12.3 Å². The predicted molar refractivity (Wildman–Crippen MR) is 90.5 cm³/mol. The average Bonchev–Trinajstić information content (AvgIpc) is 2.58. The van der Waals surface area contributed by atoms with Crippen LogP contribution in [0.25, 0.3) is 0 Å². The van der Waals surface area contributed by atoms with Crippen molar-refractivity contribution in [2.45, 2.75) is 19.2 Å². The molecule has 1 aliphatic rings. The molecule has 0 spiro atoms. The molecule has 1 N–H and O–H groups in total. The Morgan fingerprint density at radius 3 is 2.84 bits per heavy atom. The molecule has 0 amide bonds. The van der Waals surface area contributed by atoms with Gasteiger partial charge in [0.25, 0.3) is 0 Å². The maximum Gasteiger partial charge on any atom is 0.387 e. The zero-order valence-electron chi connectivity index (χ0n) is 13.4. The summed E-state index contributed by atoms with van der Waals surface area (Å²) in [7, 11) is 0. The van der Waals surface area contributed by atoms with Crippen LogP contribution in [0.5, 0.6) is 5.75 Å². The summed E-state index contributed by atoms with van der Waals surface area (Å²) in [5.74, 6) is -1.21. The molecule has 0 aliphatic carbocycles. The SMILES string of the molecule is Cl.Fc1cc(CN2CCNCC2c2cccnc2)ccc1OC(F)F. The molecule has 2 aromatic rings. The van der Waals surface area contributed by atoms with Crippen molar-refractivity contribution in [2.75, 3.05) is 19.6 Å². The molecule has 1 unspecified atom stereocenters. The molecule has 0 radical (unpaired) electrons. The molecule has 0 bridgehead atoms. The zero-order valence-corrected chi connectivity index (χ0v) is 14.2. The third-order valence-corrected chi connectivity index (χ3v) is 4.02. The zero-order chi connectivity index (χ0) is 16.9. The number of ether oxygens (including phenoxy) is 1. The van der Waals surface area contributed by atoms with Gasteiger partial charge in [-0.15, -0.1) is 12.4 Å². The van der Waals surface area contributed by atoms with E-state index in [1.807, 2.05) is 18.3 Å². The molecular weight excluding hydrogens is 355 g/mol. The highest BCUT2D eigenvalue weighted by molar-refractivity contribution is 5.85. The monoisotopic (exact) mass is 373 g/mol. The second-order valence-corrected chi connectivity index (χ2v) is 5.62. The summed E-state index contributed by atoms with van der Waals surface area (Å²) in [6, 6.07) is 8.14. The Morgan fingerprint density at radius 2 is 2.16 bits per heavy atom. The van der Waals surface area contributed by atoms with Crippen molar-refractivity contribution in [3.63, 3.8) is 0 Å². The highest BCUT2D eigenvalue weighted by Gasteiger charge is 2.24. The molecule has 1 aliphatic heterocycles. The molecule has 1 aromatic carbocycles. The van der Waals surface area contributed by atoms with E-state index < -0.39 is 18.2 Å². The largest absolute Gasteiger partial charge is 0.432 e. The van der Waals surface area contributed by atoms with E-state index in [1.165, 1.54) is 12.1 Å². The molecule has 3 rings (SSSR count). The van der Waals surface area contributed by atoms with Crippen molar-refractivity contribution in [1.29, 1.82) is 0 Å². The summed E-state index contributed by atoms with van der Waals surface area (Å²) in [6.45, 7) is -0.0932. The molecule has 25 heavy (non-hydrogen) atoms. The molecular formula is C17H19ClF3N3O. The maximum absolute atomic E-state index is 13.9. The van der Waals surface area contributed by atoms with E-state index in [0.29, 0.717) is 12.1 Å². The van der Waals surface area contributed by atoms with Crippen molar-refractivity contribution in [3.05, 3.63) is 59.7 Å². The van der Waals surface area contributed by atoms with Crippen molar-refractivity contribution >= 4 is 12.4 Å². The van der Waals surface area contributed by atoms with E-state index in [-0.39, 0.29) is 18.4 Å². The van der Waals surface area contributed by atoms with E-state index in [2.05, 4.69) is 19.9 Å². The smallest absolute Gasteiger partial charge is 0.387 e. The minimum absolute atomic E-state index is 0. The van der Waals surface area contributed by atoms with Gasteiger partial charge in [0.2, 0.25) is 0 Å². The second-order valence-electron chi connectivity index (χ2n) is 5.62. The van der Waals surface area contributed by atoms with Gasteiger partial charge in [0.05, 0.1) is 0 Å². The van der Waals surface area contributed by atoms with Gasteiger partial charge in [-0.3, -0.25) is 9.88 Å². The van der Waals surface area contributed by atoms with Crippen LogP contribution >= 0.6 is 12.4 Å². The minimum Gasteiger partial charge on any atom is -0.432 e. The number of halogens is 4. The first-order valence-electron chi connectivity index (χ1n) is 7.71. The second kappa shape index (κ2) is 9.03. The number of hydrogen-bond acceptors (Lipinski definition) is 4. The van der Waals surface area contributed by atoms with Crippen LogP contribution in [0.15, 0.2) is 42.7 Å². The molecule has 1 aromatic heterocycles. The van der Waals surface area contributed by atoms with Gasteiger partial charge in [-0.1, -0.05) is 12.1 Å². The lowest BCUT2D eigenvalue weighted by Gasteiger charge is -2.36. The number of aromatic nitrogens is 1. The third kappa shape index (κ3) is 5.07. The van der Waals surface area contributed by atoms with Crippen LogP contribution < -0.4 is 10.1 Å². The standard InChI is InChI=1S/C17H18F3N3O.ClH/c18-14-8-12(3-4-16(14)24-17(19)20)11-23-7-6-22-10-15(23)13-2-1-5-21-9-13;/h1-5,8-9,15,17,22H,6-7,10-11H2;1H. The molecule has 2 heterocycles. The van der Waals surface area contributed by atoms with Gasteiger partial charge in [-0.2, -0.15) is 8.78 Å². The Hall–Kier alpha value is -1.83. The highest BCUT2D eigenvalue weighted by atomic mass is 35.5. The lowest BCUT2D eigenvalue weighted by Crippen LogP contribution is -2.45. The van der Waals surface area contributed by atoms with Crippen LogP contribution in [-0.2, 0) is 6.54 Å². The van der Waals surface area contributed by atoms with Crippen molar-refractivity contribution in [2.24, 2.45) is 0 Å². The summed E-state index contributed by atoms with van der Waals surface area (Å²) >= 11 is 0. The molecule has 1 saturated heterocycles. The fraction of sp³-hybridized carbons (Fsp3) is 0.353. The number of hydrogen-bond donors (Lipinski definition) is 1. The van der Waals surface area contributed by atoms with Gasteiger partial charge >= 0.3 is 6.61 Å². The van der Waals surface area contributed by atoms with Crippen LogP contribution in [0.4, 0.5) is 13.2 Å². The summed E-state index contributed by atoms with van der Waals surface area (Å²) in [5, 5.41) is 3.34. The summed E-state index contributed by atoms with van der Waals surface area (Å²) < 4.78 is 42.4. The Kier molecular flexibility index (Phi) is 7.04. The van der Waals surface area contributed by atoms with E-state index in [4.69, 9.17) is 0 Å². The first-order chi connectivity index (χ1) is 11.6. The quantitative estimate of drug-likeness (QED) is 0.871. The van der Waals surface area contributed by atoms with E-state index in [0.717, 1.165) is 25.2 Å². The van der Waals surface area contributed by atoms with Gasteiger partial charge in [0, 0.05) is 44.6 Å². The first-order valence-corrected chi connectivity index (χ1v) is 7.71. The molecule has 0 saturated carbocycles. The Bertz CT molecular complexity index is 675. The van der Waals surface area contributed by atoms with Crippen molar-refractivity contribution < 1.29 is 17.9 Å². The van der Waals surface area contributed by atoms with Crippen LogP contribution in [0.3, 0.4) is 0 Å². The lowest BCUT2D eigenvalue weighted by molar-refractivity contribution is -0.0522. The van der Waals surface area contributed by atoms with Crippen LogP contribution in [0, 0.1) is 5.82 Å². The summed E-state index contributed by atoms with van der Waals surface area (Å²) in [5.41, 5.74) is 1.80. The number of nitrogens with one attached hydrogen (secondary N) is 1. The normalized spacial score (nSPS) is 18.0. The fourth-order valence-electron chi connectivity index (χ4n) is 2.91. The van der Waals surface area contributed by atoms with Crippen LogP contribution in [0.2, 0.25) is 0 Å². The summed E-state index contributed by atoms with van der Waals surface area (Å²) in [4.78, 5) is 6.37. The van der Waals surface area contributed by atoms with Gasteiger partial charge in [-0.05, 0) is 29.3 Å². The van der Waals surface area contributed by atoms with Gasteiger partial charge < -0.3 is 10.1 Å². The number of nitrogens with zero attached hydrogens (tertiary/aromatic N) is 2. The Morgan fingerprint density at radius 1 is 1.32 bits per heavy atom. The first kappa shape index (κ1) is 19.5. The highest BCUT2D eigenvalue weighted by Crippen LogP contribution is 2.26. The molecule has 4 nitrogen and oxygen atoms in total.